The van der Waals surface area contributed by atoms with Crippen molar-refractivity contribution in [2.45, 2.75) is 31.2 Å². The fourth-order valence-corrected chi connectivity index (χ4v) is 5.56. The number of para-hydroxylation sites is 2. The third kappa shape index (κ3) is 7.69. The van der Waals surface area contributed by atoms with E-state index in [-0.39, 0.29) is 13.0 Å². The molecule has 1 aromatic heterocycles. The quantitative estimate of drug-likeness (QED) is 0.208. The number of halogens is 1. The molecule has 43 heavy (non-hydrogen) atoms. The molecule has 10 nitrogen and oxygen atoms in total. The normalized spacial score (nSPS) is 18.0. The summed E-state index contributed by atoms with van der Waals surface area (Å²) in [7, 11) is 4.58. The van der Waals surface area contributed by atoms with Crippen LogP contribution in [0.1, 0.15) is 19.3 Å². The molecular formula is C32H38ClN3O7. The van der Waals surface area contributed by atoms with Gasteiger partial charge in [0.05, 0.1) is 30.6 Å². The Kier molecular flexibility index (Phi) is 10.2. The molecule has 230 valence electrons. The number of aromatic nitrogens is 2. The van der Waals surface area contributed by atoms with Gasteiger partial charge in [0, 0.05) is 38.8 Å². The van der Waals surface area contributed by atoms with Gasteiger partial charge >= 0.3 is 5.97 Å². The summed E-state index contributed by atoms with van der Waals surface area (Å²) in [5, 5.41) is 0.615. The average Bonchev–Trinajstić information content (AvgIpc) is 3.53. The van der Waals surface area contributed by atoms with E-state index in [1.807, 2.05) is 42.5 Å². The SMILES string of the molecule is COC1=CC(OC)(OC)CC(C(=O)OC(COc2cccc3[nH]cnc23)CN2CCC(COc3ccccc3Cl)CC2)=C1. The minimum Gasteiger partial charge on any atom is -0.497 e. The molecule has 2 aromatic carbocycles. The zero-order chi connectivity index (χ0) is 30.2. The summed E-state index contributed by atoms with van der Waals surface area (Å²) in [5.41, 5.74) is 1.98. The number of esters is 1. The number of rotatable bonds is 13. The van der Waals surface area contributed by atoms with Gasteiger partial charge in [-0.2, -0.15) is 0 Å². The van der Waals surface area contributed by atoms with E-state index in [9.17, 15) is 4.79 Å². The van der Waals surface area contributed by atoms with E-state index >= 15 is 0 Å². The summed E-state index contributed by atoms with van der Waals surface area (Å²) in [5.74, 6) is 0.595. The first-order valence-corrected chi connectivity index (χ1v) is 14.7. The molecular weight excluding hydrogens is 574 g/mol. The predicted molar refractivity (Wildman–Crippen MR) is 162 cm³/mol. The number of nitrogens with zero attached hydrogens (tertiary/aromatic N) is 2. The molecule has 11 heteroatoms. The van der Waals surface area contributed by atoms with Crippen molar-refractivity contribution in [3.63, 3.8) is 0 Å². The molecule has 3 aromatic rings. The molecule has 2 aliphatic rings. The Labute approximate surface area is 256 Å². The number of imidazole rings is 1. The smallest absolute Gasteiger partial charge is 0.334 e. The van der Waals surface area contributed by atoms with E-state index in [0.29, 0.717) is 46.9 Å². The molecule has 0 saturated carbocycles. The number of ether oxygens (including phenoxy) is 6. The molecule has 1 atom stereocenters. The number of allylic oxidation sites excluding steroid dienone is 1. The number of H-pyrrole nitrogens is 1. The van der Waals surface area contributed by atoms with Crippen molar-refractivity contribution in [3.05, 3.63) is 77.3 Å². The number of fused-ring (bicyclic) bond motifs is 1. The molecule has 2 heterocycles. The number of carbonyl (C=O) groups excluding carboxylic acids is 1. The van der Waals surface area contributed by atoms with Crippen molar-refractivity contribution < 1.29 is 33.2 Å². The van der Waals surface area contributed by atoms with E-state index < -0.39 is 17.9 Å². The highest BCUT2D eigenvalue weighted by atomic mass is 35.5. The number of carbonyl (C=O) groups is 1. The Balaban J connectivity index is 1.24. The summed E-state index contributed by atoms with van der Waals surface area (Å²) in [6.07, 6.45) is 6.53. The Bertz CT molecular complexity index is 1440. The summed E-state index contributed by atoms with van der Waals surface area (Å²) < 4.78 is 34.9. The zero-order valence-corrected chi connectivity index (χ0v) is 25.5. The first kappa shape index (κ1) is 30.9. The van der Waals surface area contributed by atoms with Crippen LogP contribution < -0.4 is 9.47 Å². The molecule has 1 saturated heterocycles. The predicted octanol–water partition coefficient (Wildman–Crippen LogP) is 5.15. The van der Waals surface area contributed by atoms with Crippen molar-refractivity contribution in [1.29, 1.82) is 0 Å². The lowest BCUT2D eigenvalue weighted by atomic mass is 9.97. The van der Waals surface area contributed by atoms with E-state index in [4.69, 9.17) is 40.0 Å². The lowest BCUT2D eigenvalue weighted by Gasteiger charge is -2.34. The molecule has 1 unspecified atom stereocenters. The number of likely N-dealkylation sites (tertiary alicyclic amines) is 1. The minimum atomic E-state index is -1.12. The number of piperidine rings is 1. The molecule has 1 fully saturated rings. The summed E-state index contributed by atoms with van der Waals surface area (Å²) in [6, 6.07) is 13.2. The maximum absolute atomic E-state index is 13.5. The molecule has 1 N–H and O–H groups in total. The monoisotopic (exact) mass is 611 g/mol. The van der Waals surface area contributed by atoms with Crippen LogP contribution in [-0.2, 0) is 23.7 Å². The van der Waals surface area contributed by atoms with Crippen molar-refractivity contribution in [3.8, 4) is 11.5 Å². The van der Waals surface area contributed by atoms with Crippen LogP contribution in [0.5, 0.6) is 11.5 Å². The van der Waals surface area contributed by atoms with Crippen LogP contribution in [-0.4, -0.2) is 86.9 Å². The number of aromatic amines is 1. The van der Waals surface area contributed by atoms with E-state index in [2.05, 4.69) is 14.9 Å². The molecule has 0 amide bonds. The summed E-state index contributed by atoms with van der Waals surface area (Å²) in [6.45, 7) is 2.97. The Morgan fingerprint density at radius 1 is 1.07 bits per heavy atom. The highest BCUT2D eigenvalue weighted by Crippen LogP contribution is 2.32. The fraction of sp³-hybridized carbons (Fsp3) is 0.438. The molecule has 5 rings (SSSR count). The largest absolute Gasteiger partial charge is 0.497 e. The van der Waals surface area contributed by atoms with Gasteiger partial charge in [0.15, 0.2) is 5.79 Å². The van der Waals surface area contributed by atoms with Gasteiger partial charge in [0.25, 0.3) is 0 Å². The third-order valence-electron chi connectivity index (χ3n) is 7.90. The highest BCUT2D eigenvalue weighted by molar-refractivity contribution is 6.32. The number of nitrogens with one attached hydrogen (secondary N) is 1. The second-order valence-electron chi connectivity index (χ2n) is 10.7. The maximum Gasteiger partial charge on any atom is 0.334 e. The van der Waals surface area contributed by atoms with Crippen LogP contribution in [0.2, 0.25) is 5.02 Å². The minimum absolute atomic E-state index is 0.160. The van der Waals surface area contributed by atoms with Crippen molar-refractivity contribution >= 4 is 28.6 Å². The van der Waals surface area contributed by atoms with Crippen molar-refractivity contribution in [1.82, 2.24) is 14.9 Å². The van der Waals surface area contributed by atoms with Gasteiger partial charge in [0.2, 0.25) is 0 Å². The highest BCUT2D eigenvalue weighted by Gasteiger charge is 2.36. The third-order valence-corrected chi connectivity index (χ3v) is 8.21. The van der Waals surface area contributed by atoms with E-state index in [1.54, 1.807) is 18.5 Å². The lowest BCUT2D eigenvalue weighted by molar-refractivity contribution is -0.175. The molecule has 1 aliphatic heterocycles. The van der Waals surface area contributed by atoms with Gasteiger partial charge in [-0.25, -0.2) is 9.78 Å². The Morgan fingerprint density at radius 2 is 1.84 bits per heavy atom. The van der Waals surface area contributed by atoms with Crippen LogP contribution in [0.3, 0.4) is 0 Å². The zero-order valence-electron chi connectivity index (χ0n) is 24.7. The Morgan fingerprint density at radius 3 is 2.58 bits per heavy atom. The van der Waals surface area contributed by atoms with Crippen molar-refractivity contribution in [2.24, 2.45) is 5.92 Å². The fourth-order valence-electron chi connectivity index (χ4n) is 5.37. The molecule has 1 aliphatic carbocycles. The Hall–Kier alpha value is -3.57. The summed E-state index contributed by atoms with van der Waals surface area (Å²) >= 11 is 6.25. The lowest BCUT2D eigenvalue weighted by Crippen LogP contribution is -2.44. The van der Waals surface area contributed by atoms with E-state index in [0.717, 1.165) is 37.0 Å². The first-order chi connectivity index (χ1) is 20.9. The topological polar surface area (TPSA) is 104 Å². The van der Waals surface area contributed by atoms with Gasteiger partial charge in [-0.3, -0.25) is 4.90 Å². The van der Waals surface area contributed by atoms with Gasteiger partial charge in [-0.15, -0.1) is 0 Å². The van der Waals surface area contributed by atoms with Crippen LogP contribution >= 0.6 is 11.6 Å². The molecule has 0 bridgehead atoms. The first-order valence-electron chi connectivity index (χ1n) is 14.3. The number of methoxy groups -OCH3 is 3. The van der Waals surface area contributed by atoms with E-state index in [1.165, 1.54) is 21.3 Å². The van der Waals surface area contributed by atoms with Crippen LogP contribution in [0.25, 0.3) is 11.0 Å². The van der Waals surface area contributed by atoms with Crippen molar-refractivity contribution in [2.75, 3.05) is 54.2 Å². The average molecular weight is 612 g/mol. The van der Waals surface area contributed by atoms with Gasteiger partial charge in [0.1, 0.15) is 35.5 Å². The summed E-state index contributed by atoms with van der Waals surface area (Å²) in [4.78, 5) is 23.3. The van der Waals surface area contributed by atoms with Crippen LogP contribution in [0, 0.1) is 5.92 Å². The number of hydrogen-bond donors (Lipinski definition) is 1. The standard InChI is InChI=1S/C32H38ClN3O7/c1-38-24-15-23(16-32(17-24,39-2)40-3)31(37)43-25(20-42-29-10-6-8-27-30(29)35-21-34-27)18-36-13-11-22(12-14-36)19-41-28-9-5-4-7-26(28)33/h4-10,15,17,21-22,25H,11-14,16,18-20H2,1-3H3,(H,34,35). The molecule has 0 radical (unpaired) electrons. The second kappa shape index (κ2) is 14.3. The maximum atomic E-state index is 13.5. The van der Waals surface area contributed by atoms with Gasteiger partial charge in [-0.05, 0) is 62.2 Å². The van der Waals surface area contributed by atoms with Gasteiger partial charge in [-0.1, -0.05) is 29.8 Å². The van der Waals surface area contributed by atoms with Crippen LogP contribution in [0.15, 0.2) is 72.3 Å². The van der Waals surface area contributed by atoms with Gasteiger partial charge < -0.3 is 33.4 Å². The second-order valence-corrected chi connectivity index (χ2v) is 11.1. The number of benzene rings is 2. The molecule has 0 spiro atoms. The number of hydrogen-bond acceptors (Lipinski definition) is 9. The van der Waals surface area contributed by atoms with Crippen LogP contribution in [0.4, 0.5) is 0 Å².